The molecule has 114 valence electrons. The van der Waals surface area contributed by atoms with Gasteiger partial charge in [-0.25, -0.2) is 14.3 Å². The van der Waals surface area contributed by atoms with Crippen molar-refractivity contribution in [3.63, 3.8) is 0 Å². The van der Waals surface area contributed by atoms with Gasteiger partial charge in [0.15, 0.2) is 5.00 Å². The van der Waals surface area contributed by atoms with Crippen molar-refractivity contribution >= 4 is 32.0 Å². The van der Waals surface area contributed by atoms with Crippen molar-refractivity contribution in [1.29, 1.82) is 0 Å². The van der Waals surface area contributed by atoms with E-state index in [9.17, 15) is 18.5 Å². The van der Waals surface area contributed by atoms with E-state index in [1.54, 1.807) is 0 Å². The number of nitrogens with one attached hydrogen (secondary N) is 1. The molecule has 0 aliphatic rings. The zero-order chi connectivity index (χ0) is 15.3. The Kier molecular flexibility index (Phi) is 5.87. The zero-order valence-electron chi connectivity index (χ0n) is 11.3. The zero-order valence-corrected chi connectivity index (χ0v) is 13.0. The average Bonchev–Trinajstić information content (AvgIpc) is 2.83. The summed E-state index contributed by atoms with van der Waals surface area (Å²) in [6.07, 6.45) is 1.35. The molecule has 0 atom stereocenters. The molecule has 0 bridgehead atoms. The van der Waals surface area contributed by atoms with Gasteiger partial charge in [0.05, 0.1) is 4.92 Å². The van der Waals surface area contributed by atoms with Crippen molar-refractivity contribution in [2.24, 2.45) is 5.84 Å². The summed E-state index contributed by atoms with van der Waals surface area (Å²) in [5.41, 5.74) is 1.84. The van der Waals surface area contributed by atoms with Crippen LogP contribution in [0.2, 0.25) is 0 Å². The van der Waals surface area contributed by atoms with Crippen molar-refractivity contribution in [3.8, 4) is 0 Å². The number of hydrogen-bond donors (Lipinski definition) is 2. The van der Waals surface area contributed by atoms with Crippen LogP contribution in [0.3, 0.4) is 0 Å². The summed E-state index contributed by atoms with van der Waals surface area (Å²) in [5.74, 6) is 5.19. The Morgan fingerprint density at radius 2 is 1.95 bits per heavy atom. The van der Waals surface area contributed by atoms with Crippen molar-refractivity contribution in [2.45, 2.75) is 30.9 Å². The fourth-order valence-electron chi connectivity index (χ4n) is 1.70. The van der Waals surface area contributed by atoms with Gasteiger partial charge in [-0.05, 0) is 12.8 Å². The SMILES string of the molecule is CCCN(CCC)S(=O)(=O)c1cc([N+](=O)[O-])c(NN)s1. The number of hydrazine groups is 1. The van der Waals surface area contributed by atoms with Crippen LogP contribution >= 0.6 is 11.3 Å². The Labute approximate surface area is 121 Å². The summed E-state index contributed by atoms with van der Waals surface area (Å²) in [6.45, 7) is 4.52. The Bertz CT molecular complexity index is 564. The highest BCUT2D eigenvalue weighted by Gasteiger charge is 2.30. The average molecular weight is 322 g/mol. The molecule has 1 heterocycles. The fraction of sp³-hybridized carbons (Fsp3) is 0.600. The molecule has 0 unspecified atom stereocenters. The van der Waals surface area contributed by atoms with E-state index in [1.165, 1.54) is 4.31 Å². The molecule has 1 aromatic rings. The van der Waals surface area contributed by atoms with E-state index in [2.05, 4.69) is 5.43 Å². The standard InChI is InChI=1S/C10H18N4O4S2/c1-3-5-13(6-4-2)20(17,18)9-7-8(14(15)16)10(12-11)19-9/h7,12H,3-6,11H2,1-2H3. The number of rotatable bonds is 8. The van der Waals surface area contributed by atoms with E-state index in [-0.39, 0.29) is 14.9 Å². The number of nitrogens with zero attached hydrogens (tertiary/aromatic N) is 2. The smallest absolute Gasteiger partial charge is 0.306 e. The topological polar surface area (TPSA) is 119 Å². The second-order valence-electron chi connectivity index (χ2n) is 4.09. The molecular weight excluding hydrogens is 304 g/mol. The van der Waals surface area contributed by atoms with Crippen molar-refractivity contribution in [2.75, 3.05) is 18.5 Å². The summed E-state index contributed by atoms with van der Waals surface area (Å²) in [7, 11) is -3.72. The van der Waals surface area contributed by atoms with Crippen LogP contribution in [0.25, 0.3) is 0 Å². The van der Waals surface area contributed by atoms with Gasteiger partial charge in [-0.3, -0.25) is 10.1 Å². The molecule has 10 heteroatoms. The minimum Gasteiger partial charge on any atom is -0.310 e. The number of thiophene rings is 1. The van der Waals surface area contributed by atoms with Gasteiger partial charge in [0, 0.05) is 19.2 Å². The Balaban J connectivity index is 3.23. The molecule has 0 saturated heterocycles. The van der Waals surface area contributed by atoms with Crippen molar-refractivity contribution in [3.05, 3.63) is 16.2 Å². The van der Waals surface area contributed by atoms with E-state index < -0.39 is 14.9 Å². The van der Waals surface area contributed by atoms with Gasteiger partial charge >= 0.3 is 5.69 Å². The number of nitrogens with two attached hydrogens (primary N) is 1. The third-order valence-electron chi connectivity index (χ3n) is 2.56. The van der Waals surface area contributed by atoms with E-state index in [4.69, 9.17) is 5.84 Å². The molecule has 0 saturated carbocycles. The van der Waals surface area contributed by atoms with Crippen LogP contribution < -0.4 is 11.3 Å². The molecule has 0 fully saturated rings. The Morgan fingerprint density at radius 3 is 2.30 bits per heavy atom. The maximum absolute atomic E-state index is 12.5. The van der Waals surface area contributed by atoms with Crippen LogP contribution in [0.4, 0.5) is 10.7 Å². The maximum Gasteiger partial charge on any atom is 0.306 e. The summed E-state index contributed by atoms with van der Waals surface area (Å²) in [6, 6.07) is 1.05. The first-order chi connectivity index (χ1) is 9.38. The predicted molar refractivity (Wildman–Crippen MR) is 78.1 cm³/mol. The summed E-state index contributed by atoms with van der Waals surface area (Å²) >= 11 is 0.767. The quantitative estimate of drug-likeness (QED) is 0.427. The first kappa shape index (κ1) is 16.8. The van der Waals surface area contributed by atoms with Crippen molar-refractivity contribution in [1.82, 2.24) is 4.31 Å². The highest BCUT2D eigenvalue weighted by molar-refractivity contribution is 7.91. The molecule has 3 N–H and O–H groups in total. The minimum absolute atomic E-state index is 0.0292. The lowest BCUT2D eigenvalue weighted by molar-refractivity contribution is -0.383. The molecule has 0 aliphatic heterocycles. The highest BCUT2D eigenvalue weighted by atomic mass is 32.2. The third kappa shape index (κ3) is 3.45. The third-order valence-corrected chi connectivity index (χ3v) is 5.96. The van der Waals surface area contributed by atoms with Gasteiger partial charge in [-0.15, -0.1) is 0 Å². The van der Waals surface area contributed by atoms with Crippen LogP contribution in [0.15, 0.2) is 10.3 Å². The van der Waals surface area contributed by atoms with Crippen LogP contribution in [0.5, 0.6) is 0 Å². The molecule has 0 spiro atoms. The molecule has 1 rings (SSSR count). The maximum atomic E-state index is 12.5. The largest absolute Gasteiger partial charge is 0.310 e. The molecule has 8 nitrogen and oxygen atoms in total. The number of nitro groups is 1. The first-order valence-corrected chi connectivity index (χ1v) is 8.39. The summed E-state index contributed by atoms with van der Waals surface area (Å²) < 4.78 is 26.2. The van der Waals surface area contributed by atoms with Crippen molar-refractivity contribution < 1.29 is 13.3 Å². The van der Waals surface area contributed by atoms with E-state index in [1.807, 2.05) is 13.8 Å². The normalized spacial score (nSPS) is 11.8. The molecule has 0 amide bonds. The first-order valence-electron chi connectivity index (χ1n) is 6.13. The number of hydrogen-bond acceptors (Lipinski definition) is 7. The molecule has 0 radical (unpaired) electrons. The van der Waals surface area contributed by atoms with Gasteiger partial charge < -0.3 is 5.43 Å². The van der Waals surface area contributed by atoms with Gasteiger partial charge in [-0.2, -0.15) is 4.31 Å². The summed E-state index contributed by atoms with van der Waals surface area (Å²) in [5, 5.41) is 10.9. The van der Waals surface area contributed by atoms with Crippen LogP contribution in [0.1, 0.15) is 26.7 Å². The second-order valence-corrected chi connectivity index (χ2v) is 7.30. The van der Waals surface area contributed by atoms with Gasteiger partial charge in [-0.1, -0.05) is 25.2 Å². The van der Waals surface area contributed by atoms with E-state index in [0.717, 1.165) is 17.4 Å². The Morgan fingerprint density at radius 1 is 1.40 bits per heavy atom. The predicted octanol–water partition coefficient (Wildman–Crippen LogP) is 1.75. The second kappa shape index (κ2) is 6.97. The molecule has 20 heavy (non-hydrogen) atoms. The molecular formula is C10H18N4O4S2. The number of nitrogen functional groups attached to an aromatic ring is 1. The Hall–Kier alpha value is -1.23. The van der Waals surface area contributed by atoms with Crippen LogP contribution in [-0.2, 0) is 10.0 Å². The van der Waals surface area contributed by atoms with Gasteiger partial charge in [0.2, 0.25) is 0 Å². The van der Waals surface area contributed by atoms with Crippen LogP contribution in [0, 0.1) is 10.1 Å². The molecule has 0 aliphatic carbocycles. The van der Waals surface area contributed by atoms with E-state index in [0.29, 0.717) is 25.9 Å². The number of sulfonamides is 1. The van der Waals surface area contributed by atoms with Gasteiger partial charge in [0.1, 0.15) is 4.21 Å². The lowest BCUT2D eigenvalue weighted by atomic mass is 10.4. The molecule has 1 aromatic heterocycles. The molecule has 0 aromatic carbocycles. The highest BCUT2D eigenvalue weighted by Crippen LogP contribution is 2.37. The fourth-order valence-corrected chi connectivity index (χ4v) is 4.72. The minimum atomic E-state index is -3.72. The van der Waals surface area contributed by atoms with Gasteiger partial charge in [0.25, 0.3) is 10.0 Å². The lowest BCUT2D eigenvalue weighted by Crippen LogP contribution is -2.32. The monoisotopic (exact) mass is 322 g/mol. The summed E-state index contributed by atoms with van der Waals surface area (Å²) in [4.78, 5) is 10.2. The number of anilines is 1. The van der Waals surface area contributed by atoms with E-state index >= 15 is 0 Å². The van der Waals surface area contributed by atoms with Crippen LogP contribution in [-0.4, -0.2) is 30.7 Å². The lowest BCUT2D eigenvalue weighted by Gasteiger charge is -2.19.